The first-order valence-electron chi connectivity index (χ1n) is 9.08. The van der Waals surface area contributed by atoms with E-state index in [4.69, 9.17) is 9.72 Å². The van der Waals surface area contributed by atoms with E-state index in [0.717, 1.165) is 36.2 Å². The predicted molar refractivity (Wildman–Crippen MR) is 101 cm³/mol. The van der Waals surface area contributed by atoms with E-state index in [0.29, 0.717) is 24.7 Å². The molecule has 0 aliphatic carbocycles. The maximum Gasteiger partial charge on any atom is 0.252 e. The van der Waals surface area contributed by atoms with Gasteiger partial charge in [-0.3, -0.25) is 4.79 Å². The Balaban J connectivity index is 1.93. The summed E-state index contributed by atoms with van der Waals surface area (Å²) in [5, 5.41) is 4.04. The van der Waals surface area contributed by atoms with E-state index in [2.05, 4.69) is 31.0 Å². The highest BCUT2D eigenvalue weighted by Gasteiger charge is 2.19. The van der Waals surface area contributed by atoms with Crippen LogP contribution >= 0.6 is 0 Å². The van der Waals surface area contributed by atoms with Crippen molar-refractivity contribution in [2.75, 3.05) is 31.2 Å². The van der Waals surface area contributed by atoms with Crippen LogP contribution in [-0.2, 0) is 4.74 Å². The molecule has 1 aromatic carbocycles. The van der Waals surface area contributed by atoms with Crippen molar-refractivity contribution < 1.29 is 9.53 Å². The van der Waals surface area contributed by atoms with Gasteiger partial charge in [-0.25, -0.2) is 4.98 Å². The minimum atomic E-state index is -0.0266. The number of amides is 1. The number of nitrogens with zero attached hydrogens (tertiary/aromatic N) is 2. The lowest BCUT2D eigenvalue weighted by molar-refractivity contribution is 0.0937. The monoisotopic (exact) mass is 341 g/mol. The first-order chi connectivity index (χ1) is 12.0. The molecule has 0 radical (unpaired) electrons. The number of aromatic nitrogens is 1. The van der Waals surface area contributed by atoms with Crippen molar-refractivity contribution in [1.29, 1.82) is 0 Å². The highest BCUT2D eigenvalue weighted by molar-refractivity contribution is 6.07. The van der Waals surface area contributed by atoms with Gasteiger partial charge in [0.1, 0.15) is 5.82 Å². The summed E-state index contributed by atoms with van der Waals surface area (Å²) in [5.41, 5.74) is 1.55. The number of pyridine rings is 1. The molecule has 5 nitrogen and oxygen atoms in total. The maximum absolute atomic E-state index is 12.9. The highest BCUT2D eigenvalue weighted by Crippen LogP contribution is 2.24. The van der Waals surface area contributed by atoms with E-state index >= 15 is 0 Å². The van der Waals surface area contributed by atoms with Gasteiger partial charge in [-0.05, 0) is 31.4 Å². The minimum absolute atomic E-state index is 0.0266. The number of carbonyl (C=O) groups excluding carboxylic acids is 1. The molecule has 2 heterocycles. The van der Waals surface area contributed by atoms with E-state index in [1.54, 1.807) is 0 Å². The van der Waals surface area contributed by atoms with Gasteiger partial charge in [0.15, 0.2) is 0 Å². The summed E-state index contributed by atoms with van der Waals surface area (Å²) < 4.78 is 5.43. The first kappa shape index (κ1) is 17.7. The van der Waals surface area contributed by atoms with Crippen LogP contribution in [0, 0.1) is 5.92 Å². The first-order valence-corrected chi connectivity index (χ1v) is 9.08. The average molecular weight is 341 g/mol. The lowest BCUT2D eigenvalue weighted by atomic mass is 10.0. The quantitative estimate of drug-likeness (QED) is 0.907. The van der Waals surface area contributed by atoms with Crippen LogP contribution in [0.2, 0.25) is 0 Å². The Morgan fingerprint density at radius 3 is 2.68 bits per heavy atom. The molecule has 1 saturated heterocycles. The Labute approximate surface area is 149 Å². The van der Waals surface area contributed by atoms with Crippen LogP contribution in [-0.4, -0.2) is 43.2 Å². The van der Waals surface area contributed by atoms with Gasteiger partial charge in [0, 0.05) is 24.5 Å². The summed E-state index contributed by atoms with van der Waals surface area (Å²) in [6.45, 7) is 9.39. The van der Waals surface area contributed by atoms with Gasteiger partial charge in [0.05, 0.1) is 24.3 Å². The van der Waals surface area contributed by atoms with Crippen LogP contribution in [0.5, 0.6) is 0 Å². The van der Waals surface area contributed by atoms with Crippen LogP contribution in [0.15, 0.2) is 30.3 Å². The molecule has 1 fully saturated rings. The second kappa shape index (κ2) is 7.83. The smallest absolute Gasteiger partial charge is 0.252 e. The number of rotatable bonds is 5. The van der Waals surface area contributed by atoms with Gasteiger partial charge in [-0.15, -0.1) is 0 Å². The number of ether oxygens (including phenoxy) is 1. The third kappa shape index (κ3) is 4.28. The molecule has 25 heavy (non-hydrogen) atoms. The number of nitrogens with one attached hydrogen (secondary N) is 1. The van der Waals surface area contributed by atoms with Crippen molar-refractivity contribution in [2.24, 2.45) is 5.92 Å². The van der Waals surface area contributed by atoms with Gasteiger partial charge in [-0.1, -0.05) is 32.0 Å². The Morgan fingerprint density at radius 1 is 1.24 bits per heavy atom. The second-order valence-electron chi connectivity index (χ2n) is 7.15. The van der Waals surface area contributed by atoms with Gasteiger partial charge in [0.2, 0.25) is 0 Å². The molecule has 1 aliphatic rings. The average Bonchev–Trinajstić information content (AvgIpc) is 2.60. The van der Waals surface area contributed by atoms with E-state index in [9.17, 15) is 4.79 Å². The fraction of sp³-hybridized carbons (Fsp3) is 0.500. The summed E-state index contributed by atoms with van der Waals surface area (Å²) in [6.07, 6.45) is 0.963. The van der Waals surface area contributed by atoms with Crippen molar-refractivity contribution in [1.82, 2.24) is 10.3 Å². The molecule has 3 rings (SSSR count). The Bertz CT molecular complexity index is 739. The van der Waals surface area contributed by atoms with E-state index < -0.39 is 0 Å². The summed E-state index contributed by atoms with van der Waals surface area (Å²) in [5.74, 6) is 1.37. The maximum atomic E-state index is 12.9. The SMILES string of the molecule is CC(C)C[C@H](C)NC(=O)c1cc(N2CCOCC2)nc2ccccc12. The molecule has 0 bridgehead atoms. The lowest BCUT2D eigenvalue weighted by Crippen LogP contribution is -2.37. The molecule has 0 spiro atoms. The van der Waals surface area contributed by atoms with Crippen LogP contribution in [0.4, 0.5) is 5.82 Å². The zero-order valence-corrected chi connectivity index (χ0v) is 15.3. The summed E-state index contributed by atoms with van der Waals surface area (Å²) in [4.78, 5) is 19.8. The van der Waals surface area contributed by atoms with Crippen molar-refractivity contribution in [3.8, 4) is 0 Å². The molecule has 1 aromatic heterocycles. The van der Waals surface area contributed by atoms with Crippen molar-refractivity contribution in [2.45, 2.75) is 33.2 Å². The van der Waals surface area contributed by atoms with Gasteiger partial charge in [-0.2, -0.15) is 0 Å². The normalized spacial score (nSPS) is 16.2. The summed E-state index contributed by atoms with van der Waals surface area (Å²) in [7, 11) is 0. The van der Waals surface area contributed by atoms with E-state index in [1.807, 2.05) is 30.3 Å². The van der Waals surface area contributed by atoms with Gasteiger partial charge >= 0.3 is 0 Å². The topological polar surface area (TPSA) is 54.5 Å². The molecule has 0 unspecified atom stereocenters. The number of benzene rings is 1. The zero-order valence-electron chi connectivity index (χ0n) is 15.3. The van der Waals surface area contributed by atoms with Crippen molar-refractivity contribution in [3.05, 3.63) is 35.9 Å². The van der Waals surface area contributed by atoms with Crippen LogP contribution in [0.3, 0.4) is 0 Å². The number of fused-ring (bicyclic) bond motifs is 1. The van der Waals surface area contributed by atoms with Crippen molar-refractivity contribution in [3.63, 3.8) is 0 Å². The molecule has 1 aliphatic heterocycles. The van der Waals surface area contributed by atoms with E-state index in [1.165, 1.54) is 0 Å². The van der Waals surface area contributed by atoms with Gasteiger partial charge < -0.3 is 15.0 Å². The highest BCUT2D eigenvalue weighted by atomic mass is 16.5. The third-order valence-corrected chi connectivity index (χ3v) is 4.48. The number of carbonyl (C=O) groups is 1. The zero-order chi connectivity index (χ0) is 17.8. The Hall–Kier alpha value is -2.14. The van der Waals surface area contributed by atoms with Crippen LogP contribution in [0.1, 0.15) is 37.6 Å². The molecular weight excluding hydrogens is 314 g/mol. The minimum Gasteiger partial charge on any atom is -0.378 e. The van der Waals surface area contributed by atoms with Crippen molar-refractivity contribution >= 4 is 22.6 Å². The van der Waals surface area contributed by atoms with Gasteiger partial charge in [0.25, 0.3) is 5.91 Å². The Morgan fingerprint density at radius 2 is 1.96 bits per heavy atom. The molecule has 0 saturated carbocycles. The number of hydrogen-bond acceptors (Lipinski definition) is 4. The van der Waals surface area contributed by atoms with E-state index in [-0.39, 0.29) is 11.9 Å². The standard InChI is InChI=1S/C20H27N3O2/c1-14(2)12-15(3)21-20(24)17-13-19(23-8-10-25-11-9-23)22-18-7-5-4-6-16(17)18/h4-7,13-15H,8-12H2,1-3H3,(H,21,24)/t15-/m0/s1. The number of para-hydroxylation sites is 1. The fourth-order valence-electron chi connectivity index (χ4n) is 3.37. The number of morpholine rings is 1. The lowest BCUT2D eigenvalue weighted by Gasteiger charge is -2.28. The largest absolute Gasteiger partial charge is 0.378 e. The summed E-state index contributed by atoms with van der Waals surface area (Å²) in [6, 6.07) is 9.91. The second-order valence-corrected chi connectivity index (χ2v) is 7.15. The number of hydrogen-bond donors (Lipinski definition) is 1. The molecule has 134 valence electrons. The molecule has 1 N–H and O–H groups in total. The fourth-order valence-corrected chi connectivity index (χ4v) is 3.37. The molecule has 5 heteroatoms. The predicted octanol–water partition coefficient (Wildman–Crippen LogP) is 3.24. The van der Waals surface area contributed by atoms with Crippen LogP contribution in [0.25, 0.3) is 10.9 Å². The molecule has 1 amide bonds. The molecule has 1 atom stereocenters. The number of anilines is 1. The Kier molecular flexibility index (Phi) is 5.53. The molecule has 2 aromatic rings. The third-order valence-electron chi connectivity index (χ3n) is 4.48. The van der Waals surface area contributed by atoms with Crippen LogP contribution < -0.4 is 10.2 Å². The summed E-state index contributed by atoms with van der Waals surface area (Å²) >= 11 is 0. The molecular formula is C20H27N3O2.